The molecule has 2 aromatic heterocycles. The maximum atomic E-state index is 10.4. The Bertz CT molecular complexity index is 984. The van der Waals surface area contributed by atoms with Gasteiger partial charge in [0.15, 0.2) is 12.2 Å². The number of aromatic amines is 1. The number of nitrogens with zero attached hydrogens (tertiary/aromatic N) is 2. The van der Waals surface area contributed by atoms with E-state index in [9.17, 15) is 5.11 Å². The number of H-pyrrole nitrogens is 1. The number of nitrogens with one attached hydrogen (secondary N) is 2. The van der Waals surface area contributed by atoms with Crippen LogP contribution in [0.1, 0.15) is 11.1 Å². The molecule has 3 aromatic rings. The molecule has 1 aromatic carbocycles. The Balaban J connectivity index is 1.83. The van der Waals surface area contributed by atoms with Crippen LogP contribution in [0.3, 0.4) is 0 Å². The largest absolute Gasteiger partial charge is 0.370 e. The third-order valence-electron chi connectivity index (χ3n) is 3.95. The summed E-state index contributed by atoms with van der Waals surface area (Å²) in [6.07, 6.45) is 4.74. The molecule has 7 nitrogen and oxygen atoms in total. The molecule has 7 heteroatoms. The summed E-state index contributed by atoms with van der Waals surface area (Å²) in [5, 5.41) is 14.4. The lowest BCUT2D eigenvalue weighted by Crippen LogP contribution is -2.21. The smallest absolute Gasteiger partial charge is 0.191 e. The van der Waals surface area contributed by atoms with Gasteiger partial charge in [0.2, 0.25) is 0 Å². The Kier molecular flexibility index (Phi) is 3.21. The first-order valence-electron chi connectivity index (χ1n) is 7.44. The maximum absolute atomic E-state index is 10.4. The molecular formula is C17H16N6O. The third-order valence-corrected chi connectivity index (χ3v) is 3.95. The number of hydrogen-bond acceptors (Lipinski definition) is 4. The van der Waals surface area contributed by atoms with Gasteiger partial charge in [0, 0.05) is 40.2 Å². The number of hydrogen-bond donors (Lipinski definition) is 5. The first-order chi connectivity index (χ1) is 11.6. The summed E-state index contributed by atoms with van der Waals surface area (Å²) in [7, 11) is 0. The van der Waals surface area contributed by atoms with Crippen molar-refractivity contribution < 1.29 is 5.11 Å². The molecule has 0 fully saturated rings. The summed E-state index contributed by atoms with van der Waals surface area (Å²) in [4.78, 5) is 11.5. The first kappa shape index (κ1) is 14.3. The molecule has 3 heterocycles. The van der Waals surface area contributed by atoms with E-state index in [1.54, 1.807) is 12.3 Å². The Morgan fingerprint density at radius 3 is 3.00 bits per heavy atom. The molecule has 0 spiro atoms. The molecule has 120 valence electrons. The van der Waals surface area contributed by atoms with Crippen LogP contribution in [0.15, 0.2) is 47.7 Å². The fraction of sp³-hybridized carbons (Fsp3) is 0.0588. The molecule has 0 amide bonds. The monoisotopic (exact) mass is 320 g/mol. The van der Waals surface area contributed by atoms with Gasteiger partial charge < -0.3 is 26.9 Å². The van der Waals surface area contributed by atoms with Crippen LogP contribution in [0, 0.1) is 0 Å². The predicted molar refractivity (Wildman–Crippen MR) is 95.5 cm³/mol. The average molecular weight is 320 g/mol. The minimum Gasteiger partial charge on any atom is -0.370 e. The summed E-state index contributed by atoms with van der Waals surface area (Å²) in [5.41, 5.74) is 15.7. The van der Waals surface area contributed by atoms with E-state index >= 15 is 0 Å². The van der Waals surface area contributed by atoms with Gasteiger partial charge in [-0.05, 0) is 36.4 Å². The highest BCUT2D eigenvalue weighted by Crippen LogP contribution is 2.38. The van der Waals surface area contributed by atoms with Crippen molar-refractivity contribution in [3.63, 3.8) is 0 Å². The summed E-state index contributed by atoms with van der Waals surface area (Å²) in [6, 6.07) is 9.34. The van der Waals surface area contributed by atoms with E-state index < -0.39 is 6.23 Å². The van der Waals surface area contributed by atoms with Crippen LogP contribution in [-0.4, -0.2) is 27.3 Å². The van der Waals surface area contributed by atoms with E-state index in [2.05, 4.69) is 20.3 Å². The normalized spacial score (nSPS) is 17.7. The molecule has 1 aliphatic heterocycles. The lowest BCUT2D eigenvalue weighted by atomic mass is 10.0. The van der Waals surface area contributed by atoms with Crippen molar-refractivity contribution >= 4 is 40.0 Å². The minimum absolute atomic E-state index is 0.00492. The Morgan fingerprint density at radius 1 is 1.29 bits per heavy atom. The lowest BCUT2D eigenvalue weighted by Gasteiger charge is -2.05. The zero-order chi connectivity index (χ0) is 16.7. The number of pyridine rings is 1. The fourth-order valence-electron chi connectivity index (χ4n) is 2.91. The summed E-state index contributed by atoms with van der Waals surface area (Å²) in [5.74, 6) is -0.00492. The third kappa shape index (κ3) is 2.37. The number of aliphatic imine (C=N–C) groups is 1. The van der Waals surface area contributed by atoms with E-state index in [-0.39, 0.29) is 5.96 Å². The molecular weight excluding hydrogens is 304 g/mol. The van der Waals surface area contributed by atoms with Gasteiger partial charge in [-0.2, -0.15) is 0 Å². The van der Waals surface area contributed by atoms with Crippen molar-refractivity contribution in [2.75, 3.05) is 5.32 Å². The molecule has 0 saturated carbocycles. The van der Waals surface area contributed by atoms with Gasteiger partial charge in [-0.1, -0.05) is 0 Å². The zero-order valence-corrected chi connectivity index (χ0v) is 12.7. The molecule has 0 bridgehead atoms. The van der Waals surface area contributed by atoms with Crippen molar-refractivity contribution in [3.8, 4) is 0 Å². The number of nitrogens with two attached hydrogens (primary N) is 2. The van der Waals surface area contributed by atoms with Crippen molar-refractivity contribution in [2.45, 2.75) is 6.23 Å². The number of fused-ring (bicyclic) bond motifs is 2. The van der Waals surface area contributed by atoms with Crippen LogP contribution >= 0.6 is 0 Å². The van der Waals surface area contributed by atoms with Crippen LogP contribution in [0.5, 0.6) is 0 Å². The number of guanidine groups is 1. The second-order valence-electron chi connectivity index (χ2n) is 5.56. The number of aliphatic hydroxyl groups excluding tert-OH is 1. The Morgan fingerprint density at radius 2 is 2.17 bits per heavy atom. The number of anilines is 1. The van der Waals surface area contributed by atoms with E-state index in [0.717, 1.165) is 33.4 Å². The predicted octanol–water partition coefficient (Wildman–Crippen LogP) is 1.75. The quantitative estimate of drug-likeness (QED) is 0.363. The number of rotatable bonds is 2. The van der Waals surface area contributed by atoms with Crippen molar-refractivity contribution in [3.05, 3.63) is 53.9 Å². The number of benzene rings is 1. The van der Waals surface area contributed by atoms with Crippen LogP contribution in [-0.2, 0) is 0 Å². The molecule has 1 atom stereocenters. The topological polar surface area (TPSA) is 125 Å². The number of aromatic nitrogens is 2. The zero-order valence-electron chi connectivity index (χ0n) is 12.7. The highest BCUT2D eigenvalue weighted by Gasteiger charge is 2.25. The summed E-state index contributed by atoms with van der Waals surface area (Å²) < 4.78 is 0. The highest BCUT2D eigenvalue weighted by molar-refractivity contribution is 5.99. The van der Waals surface area contributed by atoms with Gasteiger partial charge in [0.05, 0.1) is 5.69 Å². The van der Waals surface area contributed by atoms with Crippen LogP contribution in [0.25, 0.3) is 22.7 Å². The standard InChI is InChI=1S/C17H16N6O/c18-17(19)22-10-3-4-14-12(7-10)13(16(24)23-14)6-9-8-21-15-11(9)2-1-5-20-15/h1-8,16,23-24H,(H,20,21)(H4,18,19,22). The van der Waals surface area contributed by atoms with Crippen molar-refractivity contribution in [1.82, 2.24) is 9.97 Å². The van der Waals surface area contributed by atoms with Gasteiger partial charge in [0.25, 0.3) is 0 Å². The van der Waals surface area contributed by atoms with Gasteiger partial charge in [-0.15, -0.1) is 0 Å². The molecule has 1 unspecified atom stereocenters. The summed E-state index contributed by atoms with van der Waals surface area (Å²) in [6.45, 7) is 0. The second-order valence-corrected chi connectivity index (χ2v) is 5.56. The average Bonchev–Trinajstić information content (AvgIpc) is 3.09. The molecule has 1 aliphatic rings. The molecule has 24 heavy (non-hydrogen) atoms. The Hall–Kier alpha value is -3.32. The van der Waals surface area contributed by atoms with Gasteiger partial charge in [-0.3, -0.25) is 0 Å². The van der Waals surface area contributed by atoms with Crippen LogP contribution in [0.2, 0.25) is 0 Å². The summed E-state index contributed by atoms with van der Waals surface area (Å²) >= 11 is 0. The molecule has 4 rings (SSSR count). The van der Waals surface area contributed by atoms with E-state index in [0.29, 0.717) is 5.69 Å². The second kappa shape index (κ2) is 5.39. The van der Waals surface area contributed by atoms with E-state index in [1.807, 2.05) is 36.5 Å². The molecule has 0 saturated heterocycles. The maximum Gasteiger partial charge on any atom is 0.191 e. The van der Waals surface area contributed by atoms with Crippen molar-refractivity contribution in [1.29, 1.82) is 0 Å². The lowest BCUT2D eigenvalue weighted by molar-refractivity contribution is 0.266. The van der Waals surface area contributed by atoms with E-state index in [1.165, 1.54) is 0 Å². The molecule has 0 radical (unpaired) electrons. The Labute approximate surface area is 137 Å². The number of aliphatic hydroxyl groups is 1. The van der Waals surface area contributed by atoms with Crippen molar-refractivity contribution in [2.24, 2.45) is 16.5 Å². The van der Waals surface area contributed by atoms with E-state index in [4.69, 9.17) is 11.5 Å². The van der Waals surface area contributed by atoms with Gasteiger partial charge in [0.1, 0.15) is 5.65 Å². The first-order valence-corrected chi connectivity index (χ1v) is 7.44. The fourth-order valence-corrected chi connectivity index (χ4v) is 2.91. The van der Waals surface area contributed by atoms with Gasteiger partial charge in [-0.25, -0.2) is 9.98 Å². The van der Waals surface area contributed by atoms with Crippen LogP contribution < -0.4 is 16.8 Å². The SMILES string of the molecule is NC(N)=Nc1ccc2c(c1)C(=Cc1c[nH]c3ncccc13)C(O)N2. The minimum atomic E-state index is -0.795. The van der Waals surface area contributed by atoms with Gasteiger partial charge >= 0.3 is 0 Å². The van der Waals surface area contributed by atoms with Crippen LogP contribution in [0.4, 0.5) is 11.4 Å². The molecule has 0 aliphatic carbocycles. The highest BCUT2D eigenvalue weighted by atomic mass is 16.3. The molecule has 7 N–H and O–H groups in total.